The van der Waals surface area contributed by atoms with Gasteiger partial charge in [0.05, 0.1) is 5.69 Å². The Morgan fingerprint density at radius 1 is 0.328 bits per heavy atom. The predicted molar refractivity (Wildman–Crippen MR) is 255 cm³/mol. The number of benzene rings is 10. The summed E-state index contributed by atoms with van der Waals surface area (Å²) >= 11 is 0. The summed E-state index contributed by atoms with van der Waals surface area (Å²) in [6.45, 7) is 0. The predicted octanol–water partition coefficient (Wildman–Crippen LogP) is 16.0. The van der Waals surface area contributed by atoms with Crippen molar-refractivity contribution in [1.82, 2.24) is 0 Å². The van der Waals surface area contributed by atoms with Gasteiger partial charge in [-0.25, -0.2) is 10.0 Å². The van der Waals surface area contributed by atoms with E-state index in [1.165, 1.54) is 59.1 Å². The quantitative estimate of drug-likeness (QED) is 0.142. The van der Waals surface area contributed by atoms with Crippen molar-refractivity contribution in [3.8, 4) is 11.1 Å². The molecule has 3 heteroatoms. The lowest BCUT2D eigenvalue weighted by molar-refractivity contribution is 1.27. The number of anilines is 6. The minimum atomic E-state index is -0.824. The van der Waals surface area contributed by atoms with Crippen LogP contribution >= 0.6 is 10.0 Å². The Kier molecular flexibility index (Phi) is 8.96. The van der Waals surface area contributed by atoms with Crippen molar-refractivity contribution in [2.24, 2.45) is 0 Å². The van der Waals surface area contributed by atoms with Crippen LogP contribution in [0.25, 0.3) is 54.2 Å². The van der Waals surface area contributed by atoms with Crippen LogP contribution in [0.1, 0.15) is 0 Å². The van der Waals surface area contributed by atoms with E-state index in [9.17, 15) is 0 Å². The van der Waals surface area contributed by atoms with E-state index in [4.69, 9.17) is 0 Å². The van der Waals surface area contributed by atoms with Gasteiger partial charge in [-0.1, -0.05) is 133 Å². The highest BCUT2D eigenvalue weighted by Gasteiger charge is 2.20. The van der Waals surface area contributed by atoms with Crippen LogP contribution in [0.4, 0.5) is 34.1 Å². The zero-order chi connectivity index (χ0) is 39.2. The molecular weight excluding hydrogens is 721 g/mol. The van der Waals surface area contributed by atoms with Gasteiger partial charge in [-0.15, -0.1) is 0 Å². The molecule has 2 nitrogen and oxygen atoms in total. The molecule has 0 saturated carbocycles. The Bertz CT molecular complexity index is 3060. The Morgan fingerprint density at radius 3 is 1.50 bits per heavy atom. The van der Waals surface area contributed by atoms with E-state index in [1.807, 2.05) is 0 Å². The fourth-order valence-corrected chi connectivity index (χ4v) is 9.55. The van der Waals surface area contributed by atoms with E-state index in [0.717, 1.165) is 34.1 Å². The zero-order valence-electron chi connectivity index (χ0n) is 33.0. The van der Waals surface area contributed by atoms with Gasteiger partial charge in [-0.05, 0) is 151 Å². The third-order valence-electron chi connectivity index (χ3n) is 11.4. The first-order chi connectivity index (χ1) is 28.4. The molecule has 10 aromatic rings. The van der Waals surface area contributed by atoms with Crippen LogP contribution < -0.4 is 9.80 Å². The average Bonchev–Trinajstić information content (AvgIpc) is 3.27. The third-order valence-corrected chi connectivity index (χ3v) is 13.0. The van der Waals surface area contributed by atoms with Crippen molar-refractivity contribution in [3.05, 3.63) is 212 Å². The summed E-state index contributed by atoms with van der Waals surface area (Å²) in [6.07, 6.45) is 7.05. The Balaban J connectivity index is 1.15. The van der Waals surface area contributed by atoms with Gasteiger partial charge >= 0.3 is 0 Å². The fourth-order valence-electron chi connectivity index (χ4n) is 8.60. The van der Waals surface area contributed by atoms with Crippen molar-refractivity contribution in [2.75, 3.05) is 28.6 Å². The molecule has 0 aliphatic rings. The van der Waals surface area contributed by atoms with Gasteiger partial charge in [0, 0.05) is 34.0 Å². The molecule has 0 bridgehead atoms. The molecule has 10 rings (SSSR count). The van der Waals surface area contributed by atoms with E-state index in [0.29, 0.717) is 0 Å². The molecule has 0 fully saturated rings. The van der Waals surface area contributed by atoms with Gasteiger partial charge in [-0.3, -0.25) is 0 Å². The number of hydrogen-bond acceptors (Lipinski definition) is 2. The Labute approximate surface area is 342 Å². The van der Waals surface area contributed by atoms with Crippen LogP contribution in [-0.4, -0.2) is 18.8 Å². The van der Waals surface area contributed by atoms with Gasteiger partial charge in [0.2, 0.25) is 0 Å². The van der Waals surface area contributed by atoms with Gasteiger partial charge in [0.1, 0.15) is 0 Å². The maximum Gasteiger partial charge on any atom is 0.0540 e. The smallest absolute Gasteiger partial charge is 0.0540 e. The lowest BCUT2D eigenvalue weighted by atomic mass is 9.90. The topological polar surface area (TPSA) is 6.48 Å². The van der Waals surface area contributed by atoms with Crippen molar-refractivity contribution in [3.63, 3.8) is 0 Å². The summed E-state index contributed by atoms with van der Waals surface area (Å²) in [4.78, 5) is 6.18. The normalized spacial score (nSPS) is 12.0. The second-order valence-corrected chi connectivity index (χ2v) is 19.9. The maximum absolute atomic E-state index is 2.40. The van der Waals surface area contributed by atoms with Crippen molar-refractivity contribution >= 4 is 87.2 Å². The second kappa shape index (κ2) is 14.6. The average molecular weight is 765 g/mol. The molecule has 0 aliphatic heterocycles. The van der Waals surface area contributed by atoms with Crippen LogP contribution in [0.2, 0.25) is 0 Å². The van der Waals surface area contributed by atoms with E-state index >= 15 is 0 Å². The van der Waals surface area contributed by atoms with Gasteiger partial charge in [0.25, 0.3) is 0 Å². The lowest BCUT2D eigenvalue weighted by Crippen LogP contribution is -2.11. The number of fused-ring (bicyclic) bond motifs is 8. The number of hydrogen-bond donors (Lipinski definition) is 0. The molecule has 0 atom stereocenters. The summed E-state index contributed by atoms with van der Waals surface area (Å²) in [5, 5.41) is 10.0. The minimum Gasteiger partial charge on any atom is -0.310 e. The standard InChI is InChI=1S/C55H44N2S/c1-58(2,3)46-32-28-43(29-33-46)56(41-19-9-5-10-20-41)44-30-35-48-40(37-44)27-34-52-50-36-31-45(38-53(50)49-24-13-14-25-51(49)55(48)52)57(42-21-11-6-12-22-42)54-26-16-15-23-47(54)39-17-7-4-8-18-39/h4-38H,1-3H3. The molecule has 0 saturated heterocycles. The van der Waals surface area contributed by atoms with E-state index in [1.54, 1.807) is 0 Å². The van der Waals surface area contributed by atoms with Crippen LogP contribution in [0.5, 0.6) is 0 Å². The van der Waals surface area contributed by atoms with Crippen LogP contribution in [0.15, 0.2) is 217 Å². The third kappa shape index (κ3) is 6.34. The van der Waals surface area contributed by atoms with Gasteiger partial charge in [-0.2, -0.15) is 0 Å². The molecule has 0 aromatic heterocycles. The molecule has 0 spiro atoms. The number of nitrogens with zero attached hydrogens (tertiary/aromatic N) is 2. The second-order valence-electron chi connectivity index (χ2n) is 15.7. The highest BCUT2D eigenvalue weighted by molar-refractivity contribution is 8.32. The van der Waals surface area contributed by atoms with Crippen LogP contribution in [0, 0.1) is 0 Å². The molecule has 0 unspecified atom stereocenters. The fraction of sp³-hybridized carbons (Fsp3) is 0.0545. The largest absolute Gasteiger partial charge is 0.310 e. The molecule has 0 amide bonds. The lowest BCUT2D eigenvalue weighted by Gasteiger charge is -2.29. The summed E-state index contributed by atoms with van der Waals surface area (Å²) in [5.41, 5.74) is 9.20. The SMILES string of the molecule is CS(C)(C)c1ccc(N(c2ccccc2)c2ccc3c(ccc4c5ccc(N(c6ccccc6)c6ccccc6-c6ccccc6)cc5c5ccccc5c34)c2)cc1. The first-order valence-electron chi connectivity index (χ1n) is 19.9. The minimum absolute atomic E-state index is 0.824. The molecule has 58 heavy (non-hydrogen) atoms. The van der Waals surface area contributed by atoms with Gasteiger partial charge < -0.3 is 9.80 Å². The van der Waals surface area contributed by atoms with Crippen LogP contribution in [-0.2, 0) is 0 Å². The Morgan fingerprint density at radius 2 is 0.810 bits per heavy atom. The number of para-hydroxylation sites is 3. The summed E-state index contributed by atoms with van der Waals surface area (Å²) in [6, 6.07) is 77.6. The Hall–Kier alpha value is -6.81. The molecule has 10 aromatic carbocycles. The summed E-state index contributed by atoms with van der Waals surface area (Å²) in [7, 11) is -0.824. The molecular formula is C55H44N2S. The highest BCUT2D eigenvalue weighted by atomic mass is 32.3. The van der Waals surface area contributed by atoms with E-state index < -0.39 is 10.0 Å². The first-order valence-corrected chi connectivity index (χ1v) is 22.7. The number of rotatable bonds is 8. The molecule has 0 radical (unpaired) electrons. The van der Waals surface area contributed by atoms with Crippen molar-refractivity contribution in [1.29, 1.82) is 0 Å². The van der Waals surface area contributed by atoms with Gasteiger partial charge in [0.15, 0.2) is 0 Å². The molecule has 280 valence electrons. The molecule has 0 N–H and O–H groups in total. The maximum atomic E-state index is 2.40. The van der Waals surface area contributed by atoms with E-state index in [-0.39, 0.29) is 0 Å². The highest BCUT2D eigenvalue weighted by Crippen LogP contribution is 2.48. The molecule has 0 heterocycles. The van der Waals surface area contributed by atoms with E-state index in [2.05, 4.69) is 241 Å². The zero-order valence-corrected chi connectivity index (χ0v) is 33.8. The summed E-state index contributed by atoms with van der Waals surface area (Å²) in [5.74, 6) is 0. The van der Waals surface area contributed by atoms with Crippen LogP contribution in [0.3, 0.4) is 0 Å². The molecule has 0 aliphatic carbocycles. The first kappa shape index (κ1) is 35.6. The van der Waals surface area contributed by atoms with Crippen molar-refractivity contribution < 1.29 is 0 Å². The summed E-state index contributed by atoms with van der Waals surface area (Å²) < 4.78 is 0. The monoisotopic (exact) mass is 764 g/mol. The van der Waals surface area contributed by atoms with Crippen molar-refractivity contribution in [2.45, 2.75) is 4.90 Å².